The van der Waals surface area contributed by atoms with Crippen LogP contribution in [0.2, 0.25) is 0 Å². The van der Waals surface area contributed by atoms with Gasteiger partial charge in [0.15, 0.2) is 0 Å². The predicted octanol–water partition coefficient (Wildman–Crippen LogP) is 3.08. The fourth-order valence-electron chi connectivity index (χ4n) is 2.76. The summed E-state index contributed by atoms with van der Waals surface area (Å²) < 4.78 is 5.74. The standard InChI is InChI=1S/C18H23N3O/c1-3-7-17(8-4-1)22-15-16-9-11-19-18(20-16)10-14-21-12-5-2-6-13-21/h1,3-4,7-9,11H,2,5-6,10,12-15H2. The number of hydrogen-bond acceptors (Lipinski definition) is 4. The van der Waals surface area contributed by atoms with E-state index in [0.29, 0.717) is 6.61 Å². The van der Waals surface area contributed by atoms with Crippen molar-refractivity contribution in [1.82, 2.24) is 14.9 Å². The summed E-state index contributed by atoms with van der Waals surface area (Å²) in [5, 5.41) is 0. The number of nitrogens with zero attached hydrogens (tertiary/aromatic N) is 3. The predicted molar refractivity (Wildman–Crippen MR) is 86.8 cm³/mol. The van der Waals surface area contributed by atoms with Crippen molar-refractivity contribution in [1.29, 1.82) is 0 Å². The molecule has 2 heterocycles. The molecule has 0 radical (unpaired) electrons. The summed E-state index contributed by atoms with van der Waals surface area (Å²) in [5.41, 5.74) is 0.937. The minimum Gasteiger partial charge on any atom is -0.487 e. The van der Waals surface area contributed by atoms with Crippen LogP contribution in [0.3, 0.4) is 0 Å². The Kier molecular flexibility index (Phi) is 5.37. The fraction of sp³-hybridized carbons (Fsp3) is 0.444. The molecule has 0 saturated carbocycles. The van der Waals surface area contributed by atoms with E-state index in [0.717, 1.165) is 30.2 Å². The van der Waals surface area contributed by atoms with E-state index < -0.39 is 0 Å². The normalized spacial score (nSPS) is 15.6. The Morgan fingerprint density at radius 3 is 2.64 bits per heavy atom. The number of hydrogen-bond donors (Lipinski definition) is 0. The van der Waals surface area contributed by atoms with Gasteiger partial charge in [0, 0.05) is 19.2 Å². The molecule has 0 amide bonds. The molecule has 1 saturated heterocycles. The highest BCUT2D eigenvalue weighted by molar-refractivity contribution is 5.21. The van der Waals surface area contributed by atoms with Crippen LogP contribution in [0.4, 0.5) is 0 Å². The first-order valence-electron chi connectivity index (χ1n) is 8.11. The van der Waals surface area contributed by atoms with Crippen molar-refractivity contribution in [2.24, 2.45) is 0 Å². The molecular weight excluding hydrogens is 274 g/mol. The minimum absolute atomic E-state index is 0.489. The number of ether oxygens (including phenoxy) is 1. The van der Waals surface area contributed by atoms with Gasteiger partial charge in [-0.05, 0) is 44.1 Å². The maximum Gasteiger partial charge on any atom is 0.130 e. The molecule has 1 fully saturated rings. The highest BCUT2D eigenvalue weighted by Gasteiger charge is 2.10. The number of benzene rings is 1. The summed E-state index contributed by atoms with van der Waals surface area (Å²) in [6.45, 7) is 3.99. The molecule has 3 rings (SSSR count). The van der Waals surface area contributed by atoms with Crippen LogP contribution in [0, 0.1) is 0 Å². The number of para-hydroxylation sites is 1. The van der Waals surface area contributed by atoms with E-state index in [2.05, 4.69) is 14.9 Å². The topological polar surface area (TPSA) is 38.2 Å². The first-order chi connectivity index (χ1) is 10.9. The second-order valence-corrected chi connectivity index (χ2v) is 5.72. The fourth-order valence-corrected chi connectivity index (χ4v) is 2.76. The van der Waals surface area contributed by atoms with Gasteiger partial charge in [-0.2, -0.15) is 0 Å². The van der Waals surface area contributed by atoms with Crippen LogP contribution in [-0.4, -0.2) is 34.5 Å². The highest BCUT2D eigenvalue weighted by Crippen LogP contribution is 2.11. The second-order valence-electron chi connectivity index (χ2n) is 5.72. The molecule has 4 heteroatoms. The van der Waals surface area contributed by atoms with Crippen molar-refractivity contribution in [2.75, 3.05) is 19.6 Å². The third-order valence-corrected chi connectivity index (χ3v) is 3.99. The Morgan fingerprint density at radius 2 is 1.82 bits per heavy atom. The maximum absolute atomic E-state index is 5.74. The molecule has 0 aliphatic carbocycles. The Morgan fingerprint density at radius 1 is 1.00 bits per heavy atom. The lowest BCUT2D eigenvalue weighted by atomic mass is 10.1. The van der Waals surface area contributed by atoms with Gasteiger partial charge in [-0.3, -0.25) is 0 Å². The van der Waals surface area contributed by atoms with Gasteiger partial charge in [0.05, 0.1) is 5.69 Å². The first-order valence-corrected chi connectivity index (χ1v) is 8.11. The zero-order chi connectivity index (χ0) is 15.0. The smallest absolute Gasteiger partial charge is 0.130 e. The molecule has 1 aliphatic heterocycles. The first kappa shape index (κ1) is 15.0. The molecule has 1 aromatic carbocycles. The molecule has 2 aromatic rings. The lowest BCUT2D eigenvalue weighted by molar-refractivity contribution is 0.230. The van der Waals surface area contributed by atoms with E-state index >= 15 is 0 Å². The molecule has 1 aliphatic rings. The van der Waals surface area contributed by atoms with Crippen LogP contribution in [0.15, 0.2) is 42.6 Å². The van der Waals surface area contributed by atoms with E-state index in [4.69, 9.17) is 4.74 Å². The third kappa shape index (κ3) is 4.53. The second kappa shape index (κ2) is 7.90. The van der Waals surface area contributed by atoms with Crippen molar-refractivity contribution >= 4 is 0 Å². The van der Waals surface area contributed by atoms with Crippen molar-refractivity contribution < 1.29 is 4.74 Å². The van der Waals surface area contributed by atoms with Crippen LogP contribution < -0.4 is 4.74 Å². The average Bonchev–Trinajstić information content (AvgIpc) is 2.60. The monoisotopic (exact) mass is 297 g/mol. The largest absolute Gasteiger partial charge is 0.487 e. The van der Waals surface area contributed by atoms with E-state index in [1.165, 1.54) is 32.4 Å². The van der Waals surface area contributed by atoms with Crippen LogP contribution in [0.1, 0.15) is 30.8 Å². The minimum atomic E-state index is 0.489. The van der Waals surface area contributed by atoms with Gasteiger partial charge >= 0.3 is 0 Å². The van der Waals surface area contributed by atoms with E-state index in [1.807, 2.05) is 42.6 Å². The molecule has 0 N–H and O–H groups in total. The van der Waals surface area contributed by atoms with Crippen LogP contribution in [0.5, 0.6) is 5.75 Å². The zero-order valence-electron chi connectivity index (χ0n) is 12.9. The SMILES string of the molecule is c1ccc(OCc2ccnc(CCN3CCCCC3)n2)cc1. The Hall–Kier alpha value is -1.94. The number of aromatic nitrogens is 2. The quantitative estimate of drug-likeness (QED) is 0.821. The summed E-state index contributed by atoms with van der Waals surface area (Å²) in [5.74, 6) is 1.79. The van der Waals surface area contributed by atoms with Crippen molar-refractivity contribution in [3.05, 3.63) is 54.1 Å². The maximum atomic E-state index is 5.74. The molecule has 0 bridgehead atoms. The Balaban J connectivity index is 1.51. The summed E-state index contributed by atoms with van der Waals surface area (Å²) in [6.07, 6.45) is 6.78. The van der Waals surface area contributed by atoms with E-state index in [-0.39, 0.29) is 0 Å². The van der Waals surface area contributed by atoms with Crippen molar-refractivity contribution in [2.45, 2.75) is 32.3 Å². The van der Waals surface area contributed by atoms with Crippen molar-refractivity contribution in [3.63, 3.8) is 0 Å². The molecule has 0 atom stereocenters. The molecular formula is C18H23N3O. The Bertz CT molecular complexity index is 568. The van der Waals surface area contributed by atoms with E-state index in [1.54, 1.807) is 0 Å². The van der Waals surface area contributed by atoms with Gasteiger partial charge < -0.3 is 9.64 Å². The lowest BCUT2D eigenvalue weighted by Gasteiger charge is -2.25. The summed E-state index contributed by atoms with van der Waals surface area (Å²) >= 11 is 0. The number of likely N-dealkylation sites (tertiary alicyclic amines) is 1. The average molecular weight is 297 g/mol. The van der Waals surface area contributed by atoms with Crippen LogP contribution >= 0.6 is 0 Å². The number of rotatable bonds is 6. The molecule has 22 heavy (non-hydrogen) atoms. The Labute approximate surface area is 132 Å². The zero-order valence-corrected chi connectivity index (χ0v) is 12.9. The lowest BCUT2D eigenvalue weighted by Crippen LogP contribution is -2.31. The molecule has 0 unspecified atom stereocenters. The summed E-state index contributed by atoms with van der Waals surface area (Å²) in [4.78, 5) is 11.5. The third-order valence-electron chi connectivity index (χ3n) is 3.99. The van der Waals surface area contributed by atoms with Gasteiger partial charge in [-0.25, -0.2) is 9.97 Å². The van der Waals surface area contributed by atoms with Gasteiger partial charge in [0.1, 0.15) is 18.2 Å². The van der Waals surface area contributed by atoms with Crippen LogP contribution in [0.25, 0.3) is 0 Å². The number of piperidine rings is 1. The molecule has 0 spiro atoms. The molecule has 4 nitrogen and oxygen atoms in total. The molecule has 116 valence electrons. The van der Waals surface area contributed by atoms with Gasteiger partial charge in [-0.15, -0.1) is 0 Å². The van der Waals surface area contributed by atoms with E-state index in [9.17, 15) is 0 Å². The van der Waals surface area contributed by atoms with Crippen molar-refractivity contribution in [3.8, 4) is 5.75 Å². The summed E-state index contributed by atoms with van der Waals surface area (Å²) in [6, 6.07) is 11.8. The summed E-state index contributed by atoms with van der Waals surface area (Å²) in [7, 11) is 0. The van der Waals surface area contributed by atoms with Gasteiger partial charge in [-0.1, -0.05) is 24.6 Å². The highest BCUT2D eigenvalue weighted by atomic mass is 16.5. The van der Waals surface area contributed by atoms with Crippen LogP contribution in [-0.2, 0) is 13.0 Å². The van der Waals surface area contributed by atoms with Gasteiger partial charge in [0.2, 0.25) is 0 Å². The van der Waals surface area contributed by atoms with Gasteiger partial charge in [0.25, 0.3) is 0 Å². The molecule has 1 aromatic heterocycles.